The Morgan fingerprint density at radius 1 is 1.00 bits per heavy atom. The average Bonchev–Trinajstić information content (AvgIpc) is 3.40. The van der Waals surface area contributed by atoms with E-state index in [0.29, 0.717) is 12.8 Å². The van der Waals surface area contributed by atoms with Crippen LogP contribution >= 0.6 is 15.9 Å². The minimum Gasteiger partial charge on any atom is -0.326 e. The molecule has 0 aromatic heterocycles. The molecule has 0 spiro atoms. The Kier molecular flexibility index (Phi) is 5.30. The molecule has 4 nitrogen and oxygen atoms in total. The number of aryl methyl sites for hydroxylation is 1. The van der Waals surface area contributed by atoms with Gasteiger partial charge in [0.15, 0.2) is 0 Å². The Morgan fingerprint density at radius 2 is 1.67 bits per heavy atom. The molecule has 1 saturated carbocycles. The molecule has 1 aliphatic rings. The van der Waals surface area contributed by atoms with Crippen molar-refractivity contribution in [3.8, 4) is 0 Å². The molecule has 3 rings (SSSR count). The summed E-state index contributed by atoms with van der Waals surface area (Å²) in [6, 6.07) is 15.2. The first-order valence-corrected chi connectivity index (χ1v) is 8.85. The number of anilines is 2. The third kappa shape index (κ3) is 4.93. The van der Waals surface area contributed by atoms with Crippen LogP contribution in [0.25, 0.3) is 0 Å². The Hall–Kier alpha value is -2.14. The van der Waals surface area contributed by atoms with E-state index < -0.39 is 0 Å². The Bertz CT molecular complexity index is 739. The fourth-order valence-electron chi connectivity index (χ4n) is 2.40. The largest absolute Gasteiger partial charge is 0.326 e. The zero-order valence-corrected chi connectivity index (χ0v) is 14.8. The summed E-state index contributed by atoms with van der Waals surface area (Å²) in [4.78, 5) is 23.7. The molecule has 2 N–H and O–H groups in total. The lowest BCUT2D eigenvalue weighted by Crippen LogP contribution is -2.14. The minimum absolute atomic E-state index is 0.0234. The van der Waals surface area contributed by atoms with E-state index in [1.807, 2.05) is 36.4 Å². The van der Waals surface area contributed by atoms with E-state index in [-0.39, 0.29) is 17.7 Å². The van der Waals surface area contributed by atoms with Gasteiger partial charge >= 0.3 is 0 Å². The van der Waals surface area contributed by atoms with Crippen LogP contribution in [-0.4, -0.2) is 11.8 Å². The minimum atomic E-state index is -0.0234. The van der Waals surface area contributed by atoms with Gasteiger partial charge in [-0.1, -0.05) is 28.1 Å². The van der Waals surface area contributed by atoms with E-state index in [0.717, 1.165) is 34.3 Å². The van der Waals surface area contributed by atoms with Gasteiger partial charge in [0.1, 0.15) is 0 Å². The summed E-state index contributed by atoms with van der Waals surface area (Å²) in [6.45, 7) is 0. The first-order valence-electron chi connectivity index (χ1n) is 8.05. The first kappa shape index (κ1) is 16.7. The molecule has 1 fully saturated rings. The quantitative estimate of drug-likeness (QED) is 0.774. The SMILES string of the molecule is O=C(CCc1cccc(Br)c1)Nc1ccc(NC(=O)C2CC2)cc1. The van der Waals surface area contributed by atoms with Crippen LogP contribution in [0.2, 0.25) is 0 Å². The van der Waals surface area contributed by atoms with Crippen LogP contribution in [0, 0.1) is 5.92 Å². The van der Waals surface area contributed by atoms with Crippen molar-refractivity contribution in [2.24, 2.45) is 5.92 Å². The van der Waals surface area contributed by atoms with Crippen molar-refractivity contribution in [1.82, 2.24) is 0 Å². The third-order valence-electron chi connectivity index (χ3n) is 3.91. The number of benzene rings is 2. The van der Waals surface area contributed by atoms with Crippen LogP contribution in [-0.2, 0) is 16.0 Å². The van der Waals surface area contributed by atoms with Gasteiger partial charge in [-0.3, -0.25) is 9.59 Å². The number of amides is 2. The van der Waals surface area contributed by atoms with Crippen molar-refractivity contribution in [2.75, 3.05) is 10.6 Å². The molecule has 2 aromatic rings. The van der Waals surface area contributed by atoms with Crippen molar-refractivity contribution in [1.29, 1.82) is 0 Å². The van der Waals surface area contributed by atoms with Crippen LogP contribution in [0.4, 0.5) is 11.4 Å². The number of nitrogens with one attached hydrogen (secondary N) is 2. The van der Waals surface area contributed by atoms with Gasteiger partial charge in [-0.05, 0) is 61.2 Å². The zero-order chi connectivity index (χ0) is 16.9. The summed E-state index contributed by atoms with van der Waals surface area (Å²) in [5.74, 6) is 0.243. The normalized spacial score (nSPS) is 13.4. The van der Waals surface area contributed by atoms with E-state index in [9.17, 15) is 9.59 Å². The number of hydrogen-bond donors (Lipinski definition) is 2. The van der Waals surface area contributed by atoms with Gasteiger partial charge in [-0.2, -0.15) is 0 Å². The Balaban J connectivity index is 1.48. The molecule has 2 amide bonds. The molecule has 124 valence electrons. The van der Waals surface area contributed by atoms with E-state index in [2.05, 4.69) is 26.6 Å². The second-order valence-corrected chi connectivity index (χ2v) is 6.93. The van der Waals surface area contributed by atoms with Crippen LogP contribution in [0.3, 0.4) is 0 Å². The van der Waals surface area contributed by atoms with Crippen LogP contribution < -0.4 is 10.6 Å². The molecule has 0 radical (unpaired) electrons. The number of rotatable bonds is 6. The van der Waals surface area contributed by atoms with Gasteiger partial charge in [0.05, 0.1) is 0 Å². The van der Waals surface area contributed by atoms with Crippen LogP contribution in [0.1, 0.15) is 24.8 Å². The lowest BCUT2D eigenvalue weighted by atomic mass is 10.1. The lowest BCUT2D eigenvalue weighted by molar-refractivity contribution is -0.117. The molecule has 2 aromatic carbocycles. The second kappa shape index (κ2) is 7.62. The molecule has 0 atom stereocenters. The van der Waals surface area contributed by atoms with Gasteiger partial charge in [0, 0.05) is 28.2 Å². The summed E-state index contributed by atoms with van der Waals surface area (Å²) in [6.07, 6.45) is 3.09. The van der Waals surface area contributed by atoms with Crippen molar-refractivity contribution < 1.29 is 9.59 Å². The molecule has 0 aliphatic heterocycles. The molecule has 0 unspecified atom stereocenters. The van der Waals surface area contributed by atoms with Crippen molar-refractivity contribution in [3.05, 3.63) is 58.6 Å². The topological polar surface area (TPSA) is 58.2 Å². The lowest BCUT2D eigenvalue weighted by Gasteiger charge is -2.08. The highest BCUT2D eigenvalue weighted by atomic mass is 79.9. The summed E-state index contributed by atoms with van der Waals surface area (Å²) in [7, 11) is 0. The molecule has 24 heavy (non-hydrogen) atoms. The van der Waals surface area contributed by atoms with Crippen LogP contribution in [0.5, 0.6) is 0 Å². The number of carbonyl (C=O) groups is 2. The predicted molar refractivity (Wildman–Crippen MR) is 98.9 cm³/mol. The summed E-state index contributed by atoms with van der Waals surface area (Å²) in [5.41, 5.74) is 2.62. The maximum absolute atomic E-state index is 12.0. The number of halogens is 1. The Morgan fingerprint density at radius 3 is 2.29 bits per heavy atom. The zero-order valence-electron chi connectivity index (χ0n) is 13.2. The fourth-order valence-corrected chi connectivity index (χ4v) is 2.85. The summed E-state index contributed by atoms with van der Waals surface area (Å²) in [5, 5.41) is 5.76. The summed E-state index contributed by atoms with van der Waals surface area (Å²) >= 11 is 3.43. The monoisotopic (exact) mass is 386 g/mol. The maximum atomic E-state index is 12.0. The third-order valence-corrected chi connectivity index (χ3v) is 4.41. The van der Waals surface area contributed by atoms with Gasteiger partial charge in [0.2, 0.25) is 11.8 Å². The molecule has 0 saturated heterocycles. The Labute approximate surface area is 149 Å². The van der Waals surface area contributed by atoms with Gasteiger partial charge in [-0.25, -0.2) is 0 Å². The molecule has 5 heteroatoms. The molecular weight excluding hydrogens is 368 g/mol. The number of carbonyl (C=O) groups excluding carboxylic acids is 2. The van der Waals surface area contributed by atoms with Gasteiger partial charge < -0.3 is 10.6 Å². The van der Waals surface area contributed by atoms with Crippen molar-refractivity contribution in [2.45, 2.75) is 25.7 Å². The highest BCUT2D eigenvalue weighted by Gasteiger charge is 2.29. The van der Waals surface area contributed by atoms with Crippen LogP contribution in [0.15, 0.2) is 53.0 Å². The molecular formula is C19H19BrN2O2. The standard InChI is InChI=1S/C19H19BrN2O2/c20-15-3-1-2-13(12-15)4-11-18(23)21-16-7-9-17(10-8-16)22-19(24)14-5-6-14/h1-3,7-10,12,14H,4-6,11H2,(H,21,23)(H,22,24). The second-order valence-electron chi connectivity index (χ2n) is 6.02. The van der Waals surface area contributed by atoms with E-state index >= 15 is 0 Å². The van der Waals surface area contributed by atoms with E-state index in [1.165, 1.54) is 0 Å². The molecule has 1 aliphatic carbocycles. The fraction of sp³-hybridized carbons (Fsp3) is 0.263. The molecule has 0 bridgehead atoms. The summed E-state index contributed by atoms with van der Waals surface area (Å²) < 4.78 is 1.02. The predicted octanol–water partition coefficient (Wildman–Crippen LogP) is 4.37. The van der Waals surface area contributed by atoms with E-state index in [4.69, 9.17) is 0 Å². The first-order chi connectivity index (χ1) is 11.6. The van der Waals surface area contributed by atoms with Gasteiger partial charge in [-0.15, -0.1) is 0 Å². The van der Waals surface area contributed by atoms with Gasteiger partial charge in [0.25, 0.3) is 0 Å². The molecule has 0 heterocycles. The highest BCUT2D eigenvalue weighted by Crippen LogP contribution is 2.30. The highest BCUT2D eigenvalue weighted by molar-refractivity contribution is 9.10. The number of hydrogen-bond acceptors (Lipinski definition) is 2. The smallest absolute Gasteiger partial charge is 0.227 e. The maximum Gasteiger partial charge on any atom is 0.227 e. The average molecular weight is 387 g/mol. The van der Waals surface area contributed by atoms with E-state index in [1.54, 1.807) is 12.1 Å². The van der Waals surface area contributed by atoms with Crippen molar-refractivity contribution in [3.63, 3.8) is 0 Å². The van der Waals surface area contributed by atoms with Crippen molar-refractivity contribution >= 4 is 39.1 Å².